The maximum Gasteiger partial charge on any atom is 0.310 e. The molecule has 106 valence electrons. The fraction of sp³-hybridized carbons (Fsp3) is 0.533. The van der Waals surface area contributed by atoms with Crippen molar-refractivity contribution < 1.29 is 14.3 Å². The fourth-order valence-electron chi connectivity index (χ4n) is 2.23. The highest BCUT2D eigenvalue weighted by atomic mass is 16.5. The number of nitrogens with one attached hydrogen (secondary N) is 1. The number of benzene rings is 1. The predicted molar refractivity (Wildman–Crippen MR) is 75.2 cm³/mol. The zero-order valence-electron chi connectivity index (χ0n) is 12.1. The van der Waals surface area contributed by atoms with Crippen molar-refractivity contribution in [3.8, 4) is 5.75 Å². The lowest BCUT2D eigenvalue weighted by Gasteiger charge is -2.24. The van der Waals surface area contributed by atoms with Gasteiger partial charge in [0, 0.05) is 6.04 Å². The Hall–Kier alpha value is -1.55. The van der Waals surface area contributed by atoms with Crippen LogP contribution in [-0.2, 0) is 9.53 Å². The van der Waals surface area contributed by atoms with Gasteiger partial charge in [0.25, 0.3) is 0 Å². The Bertz CT molecular complexity index is 389. The first-order valence-corrected chi connectivity index (χ1v) is 6.65. The molecule has 0 saturated carbocycles. The first kappa shape index (κ1) is 15.5. The lowest BCUT2D eigenvalue weighted by Crippen LogP contribution is -2.31. The van der Waals surface area contributed by atoms with Crippen LogP contribution in [0.2, 0.25) is 0 Å². The number of esters is 1. The molecule has 0 saturated heterocycles. The van der Waals surface area contributed by atoms with E-state index >= 15 is 0 Å². The predicted octanol–water partition coefficient (Wildman–Crippen LogP) is 2.55. The van der Waals surface area contributed by atoms with Crippen LogP contribution >= 0.6 is 0 Å². The minimum absolute atomic E-state index is 0.0480. The Labute approximate surface area is 115 Å². The van der Waals surface area contributed by atoms with Crippen molar-refractivity contribution in [2.45, 2.75) is 26.3 Å². The normalized spacial score (nSPS) is 13.7. The van der Waals surface area contributed by atoms with Crippen molar-refractivity contribution in [2.24, 2.45) is 5.92 Å². The van der Waals surface area contributed by atoms with Gasteiger partial charge in [0.15, 0.2) is 0 Å². The van der Waals surface area contributed by atoms with E-state index < -0.39 is 0 Å². The minimum atomic E-state index is -0.187. The van der Waals surface area contributed by atoms with Crippen molar-refractivity contribution in [3.63, 3.8) is 0 Å². The molecule has 2 unspecified atom stereocenters. The molecule has 0 amide bonds. The van der Waals surface area contributed by atoms with Gasteiger partial charge < -0.3 is 14.8 Å². The van der Waals surface area contributed by atoms with E-state index in [-0.39, 0.29) is 17.9 Å². The number of methoxy groups -OCH3 is 1. The fourth-order valence-corrected chi connectivity index (χ4v) is 2.23. The van der Waals surface area contributed by atoms with Gasteiger partial charge in [-0.1, -0.05) is 19.1 Å². The molecule has 4 nitrogen and oxygen atoms in total. The van der Waals surface area contributed by atoms with E-state index in [1.54, 1.807) is 0 Å². The second-order valence-corrected chi connectivity index (χ2v) is 4.31. The first-order valence-electron chi connectivity index (χ1n) is 6.65. The van der Waals surface area contributed by atoms with Gasteiger partial charge in [-0.3, -0.25) is 4.79 Å². The number of hydrogen-bond donors (Lipinski definition) is 1. The third-order valence-electron chi connectivity index (χ3n) is 3.21. The highest BCUT2D eigenvalue weighted by Crippen LogP contribution is 2.27. The molecule has 0 fully saturated rings. The summed E-state index contributed by atoms with van der Waals surface area (Å²) in [5.74, 6) is 0.468. The Balaban J connectivity index is 2.91. The van der Waals surface area contributed by atoms with Gasteiger partial charge in [-0.2, -0.15) is 0 Å². The Morgan fingerprint density at radius 2 is 1.89 bits per heavy atom. The molecule has 0 aliphatic heterocycles. The molecule has 2 atom stereocenters. The van der Waals surface area contributed by atoms with Crippen LogP contribution in [0.3, 0.4) is 0 Å². The van der Waals surface area contributed by atoms with E-state index in [2.05, 4.69) is 5.32 Å². The summed E-state index contributed by atoms with van der Waals surface area (Å²) >= 11 is 0. The average Bonchev–Trinajstić information content (AvgIpc) is 2.45. The molecule has 1 rings (SSSR count). The number of rotatable bonds is 7. The number of hydrogen-bond acceptors (Lipinski definition) is 4. The molecule has 0 aliphatic rings. The molecular weight excluding hydrogens is 242 g/mol. The molecule has 19 heavy (non-hydrogen) atoms. The minimum Gasteiger partial charge on any atom is -0.494 e. The molecule has 0 heterocycles. The second kappa shape index (κ2) is 7.79. The third kappa shape index (κ3) is 3.96. The molecule has 1 N–H and O–H groups in total. The van der Waals surface area contributed by atoms with Gasteiger partial charge in [0.1, 0.15) is 5.75 Å². The van der Waals surface area contributed by atoms with Gasteiger partial charge in [-0.05, 0) is 38.1 Å². The summed E-state index contributed by atoms with van der Waals surface area (Å²) in [4.78, 5) is 11.8. The molecule has 0 spiro atoms. The second-order valence-electron chi connectivity index (χ2n) is 4.31. The van der Waals surface area contributed by atoms with Crippen LogP contribution in [0.1, 0.15) is 31.9 Å². The standard InChI is InChI=1S/C15H23NO3/c1-5-13(15(17)18-4)14(16-3)11-7-9-12(10-8-11)19-6-2/h7-10,13-14,16H,5-6H2,1-4H3. The van der Waals surface area contributed by atoms with Crippen molar-refractivity contribution >= 4 is 5.97 Å². The highest BCUT2D eigenvalue weighted by Gasteiger charge is 2.27. The van der Waals surface area contributed by atoms with Crippen molar-refractivity contribution in [1.29, 1.82) is 0 Å². The Morgan fingerprint density at radius 3 is 2.32 bits per heavy atom. The molecule has 0 aliphatic carbocycles. The Kier molecular flexibility index (Phi) is 6.36. The summed E-state index contributed by atoms with van der Waals surface area (Å²) in [6.07, 6.45) is 0.728. The lowest BCUT2D eigenvalue weighted by atomic mass is 9.91. The van der Waals surface area contributed by atoms with Gasteiger partial charge in [-0.25, -0.2) is 0 Å². The van der Waals surface area contributed by atoms with Crippen molar-refractivity contribution in [1.82, 2.24) is 5.32 Å². The summed E-state index contributed by atoms with van der Waals surface area (Å²) in [5.41, 5.74) is 1.06. The lowest BCUT2D eigenvalue weighted by molar-refractivity contribution is -0.146. The van der Waals surface area contributed by atoms with E-state index in [1.807, 2.05) is 45.2 Å². The van der Waals surface area contributed by atoms with E-state index in [0.717, 1.165) is 17.7 Å². The number of carbonyl (C=O) groups excluding carboxylic acids is 1. The van der Waals surface area contributed by atoms with E-state index in [9.17, 15) is 4.79 Å². The number of ether oxygens (including phenoxy) is 2. The van der Waals surface area contributed by atoms with Crippen LogP contribution in [0, 0.1) is 5.92 Å². The maximum absolute atomic E-state index is 11.8. The highest BCUT2D eigenvalue weighted by molar-refractivity contribution is 5.73. The molecule has 0 radical (unpaired) electrons. The third-order valence-corrected chi connectivity index (χ3v) is 3.21. The van der Waals surface area contributed by atoms with E-state index in [0.29, 0.717) is 6.61 Å². The monoisotopic (exact) mass is 265 g/mol. The zero-order chi connectivity index (χ0) is 14.3. The largest absolute Gasteiger partial charge is 0.494 e. The van der Waals surface area contributed by atoms with E-state index in [4.69, 9.17) is 9.47 Å². The molecule has 1 aromatic rings. The first-order chi connectivity index (χ1) is 9.17. The Morgan fingerprint density at radius 1 is 1.26 bits per heavy atom. The molecular formula is C15H23NO3. The van der Waals surface area contributed by atoms with Crippen LogP contribution in [0.15, 0.2) is 24.3 Å². The van der Waals surface area contributed by atoms with Gasteiger partial charge >= 0.3 is 5.97 Å². The molecule has 0 bridgehead atoms. The van der Waals surface area contributed by atoms with Crippen LogP contribution in [0.25, 0.3) is 0 Å². The summed E-state index contributed by atoms with van der Waals surface area (Å²) in [7, 11) is 3.28. The topological polar surface area (TPSA) is 47.6 Å². The van der Waals surface area contributed by atoms with Crippen LogP contribution in [0.5, 0.6) is 5.75 Å². The quantitative estimate of drug-likeness (QED) is 0.770. The maximum atomic E-state index is 11.8. The van der Waals surface area contributed by atoms with Gasteiger partial charge in [0.2, 0.25) is 0 Å². The van der Waals surface area contributed by atoms with Crippen molar-refractivity contribution in [2.75, 3.05) is 20.8 Å². The SMILES string of the molecule is CCOc1ccc(C(NC)C(CC)C(=O)OC)cc1. The van der Waals surface area contributed by atoms with Crippen LogP contribution in [-0.4, -0.2) is 26.7 Å². The zero-order valence-corrected chi connectivity index (χ0v) is 12.1. The molecule has 4 heteroatoms. The summed E-state index contributed by atoms with van der Waals surface area (Å²) < 4.78 is 10.3. The van der Waals surface area contributed by atoms with Crippen molar-refractivity contribution in [3.05, 3.63) is 29.8 Å². The van der Waals surface area contributed by atoms with Gasteiger partial charge in [0.05, 0.1) is 19.6 Å². The smallest absolute Gasteiger partial charge is 0.310 e. The summed E-state index contributed by atoms with van der Waals surface area (Å²) in [5, 5.41) is 3.19. The molecule has 0 aromatic heterocycles. The van der Waals surface area contributed by atoms with Gasteiger partial charge in [-0.15, -0.1) is 0 Å². The van der Waals surface area contributed by atoms with Crippen LogP contribution in [0.4, 0.5) is 0 Å². The average molecular weight is 265 g/mol. The molecule has 1 aromatic carbocycles. The summed E-state index contributed by atoms with van der Waals surface area (Å²) in [6, 6.07) is 7.77. The number of carbonyl (C=O) groups is 1. The summed E-state index contributed by atoms with van der Waals surface area (Å²) in [6.45, 7) is 4.59. The van der Waals surface area contributed by atoms with Crippen LogP contribution < -0.4 is 10.1 Å². The van der Waals surface area contributed by atoms with E-state index in [1.165, 1.54) is 7.11 Å².